The molecule has 3 aromatic rings. The number of para-hydroxylation sites is 1. The van der Waals surface area contributed by atoms with Crippen molar-refractivity contribution in [3.05, 3.63) is 47.9 Å². The molecule has 1 fully saturated rings. The lowest BCUT2D eigenvalue weighted by molar-refractivity contribution is 0.468. The molecule has 0 spiro atoms. The topological polar surface area (TPSA) is 73.3 Å². The molecule has 1 saturated heterocycles. The van der Waals surface area contributed by atoms with Gasteiger partial charge in [-0.3, -0.25) is 9.67 Å². The summed E-state index contributed by atoms with van der Waals surface area (Å²) in [4.78, 5) is 10.8. The van der Waals surface area contributed by atoms with Crippen LogP contribution in [0.1, 0.15) is 37.8 Å². The Hall–Kier alpha value is -2.96. The first kappa shape index (κ1) is 21.3. The van der Waals surface area contributed by atoms with Gasteiger partial charge in [-0.05, 0) is 43.7 Å². The van der Waals surface area contributed by atoms with Gasteiger partial charge < -0.3 is 20.5 Å². The van der Waals surface area contributed by atoms with E-state index in [1.54, 1.807) is 0 Å². The summed E-state index contributed by atoms with van der Waals surface area (Å²) in [6, 6.07) is 6.95. The maximum Gasteiger partial charge on any atom is 0.191 e. The molecule has 1 aliphatic heterocycles. The summed E-state index contributed by atoms with van der Waals surface area (Å²) in [7, 11) is 1.97. The molecule has 1 aliphatic rings. The number of anilines is 1. The number of aromatic amines is 1. The molecule has 3 N–H and O–H groups in total. The fraction of sp³-hybridized carbons (Fsp3) is 0.500. The molecule has 0 saturated carbocycles. The van der Waals surface area contributed by atoms with E-state index in [1.165, 1.54) is 34.1 Å². The molecule has 1 aromatic carbocycles. The summed E-state index contributed by atoms with van der Waals surface area (Å²) in [5, 5.41) is 12.7. The van der Waals surface area contributed by atoms with Crippen molar-refractivity contribution >= 4 is 22.5 Å². The van der Waals surface area contributed by atoms with Crippen molar-refractivity contribution in [1.82, 2.24) is 25.4 Å². The molecule has 166 valence electrons. The summed E-state index contributed by atoms with van der Waals surface area (Å²) in [5.74, 6) is 0.912. The number of piperidine rings is 1. The van der Waals surface area contributed by atoms with Crippen LogP contribution in [0.2, 0.25) is 0 Å². The van der Waals surface area contributed by atoms with Gasteiger partial charge in [0.05, 0.1) is 11.9 Å². The first-order chi connectivity index (χ1) is 15.2. The summed E-state index contributed by atoms with van der Waals surface area (Å²) in [6.45, 7) is 7.99. The number of aryl methyl sites for hydroxylation is 2. The largest absolute Gasteiger partial charge is 0.367 e. The van der Waals surface area contributed by atoms with Crippen molar-refractivity contribution in [2.24, 2.45) is 12.0 Å². The van der Waals surface area contributed by atoms with Gasteiger partial charge in [-0.25, -0.2) is 0 Å². The highest BCUT2D eigenvalue weighted by atomic mass is 15.3. The normalized spacial score (nSPS) is 17.3. The predicted molar refractivity (Wildman–Crippen MR) is 129 cm³/mol. The zero-order chi connectivity index (χ0) is 21.6. The van der Waals surface area contributed by atoms with Gasteiger partial charge >= 0.3 is 0 Å². The highest BCUT2D eigenvalue weighted by molar-refractivity contribution is 5.86. The van der Waals surface area contributed by atoms with Crippen molar-refractivity contribution in [3.63, 3.8) is 0 Å². The molecule has 7 heteroatoms. The molecule has 7 nitrogen and oxygen atoms in total. The molecule has 0 bridgehead atoms. The molecule has 2 aromatic heterocycles. The van der Waals surface area contributed by atoms with Crippen LogP contribution in [0.5, 0.6) is 0 Å². The molecular weight excluding hydrogens is 386 g/mol. The number of aromatic nitrogens is 3. The van der Waals surface area contributed by atoms with Crippen molar-refractivity contribution in [2.75, 3.05) is 31.1 Å². The molecule has 31 heavy (non-hydrogen) atoms. The van der Waals surface area contributed by atoms with Gasteiger partial charge in [-0.2, -0.15) is 5.10 Å². The Balaban J connectivity index is 1.38. The predicted octanol–water partition coefficient (Wildman–Crippen LogP) is 3.23. The van der Waals surface area contributed by atoms with E-state index < -0.39 is 0 Å². The van der Waals surface area contributed by atoms with Crippen LogP contribution in [0.15, 0.2) is 41.8 Å². The van der Waals surface area contributed by atoms with E-state index in [0.717, 1.165) is 51.4 Å². The van der Waals surface area contributed by atoms with E-state index in [9.17, 15) is 0 Å². The van der Waals surface area contributed by atoms with E-state index in [0.29, 0.717) is 6.04 Å². The van der Waals surface area contributed by atoms with Crippen LogP contribution in [0.25, 0.3) is 10.9 Å². The summed E-state index contributed by atoms with van der Waals surface area (Å²) < 4.78 is 1.87. The number of guanidine groups is 1. The average molecular weight is 422 g/mol. The van der Waals surface area contributed by atoms with Crippen molar-refractivity contribution in [2.45, 2.75) is 45.6 Å². The lowest BCUT2D eigenvalue weighted by Gasteiger charge is -2.34. The number of fused-ring (bicyclic) bond motifs is 1. The Morgan fingerprint density at radius 1 is 1.29 bits per heavy atom. The number of H-pyrrole nitrogens is 1. The maximum absolute atomic E-state index is 4.88. The molecule has 1 atom stereocenters. The summed E-state index contributed by atoms with van der Waals surface area (Å²) >= 11 is 0. The Labute approximate surface area is 184 Å². The van der Waals surface area contributed by atoms with Crippen molar-refractivity contribution < 1.29 is 0 Å². The smallest absolute Gasteiger partial charge is 0.191 e. The third-order valence-corrected chi connectivity index (χ3v) is 6.08. The lowest BCUT2D eigenvalue weighted by atomic mass is 10.1. The fourth-order valence-corrected chi connectivity index (χ4v) is 4.48. The van der Waals surface area contributed by atoms with Crippen LogP contribution in [0.4, 0.5) is 5.69 Å². The first-order valence-corrected chi connectivity index (χ1v) is 11.5. The molecular formula is C24H35N7. The number of hydrogen-bond donors (Lipinski definition) is 3. The van der Waals surface area contributed by atoms with Crippen LogP contribution in [-0.4, -0.2) is 52.9 Å². The fourth-order valence-electron chi connectivity index (χ4n) is 4.48. The second kappa shape index (κ2) is 9.90. The lowest BCUT2D eigenvalue weighted by Crippen LogP contribution is -2.51. The number of hydrogen-bond acceptors (Lipinski definition) is 3. The van der Waals surface area contributed by atoms with E-state index in [4.69, 9.17) is 4.99 Å². The van der Waals surface area contributed by atoms with E-state index in [-0.39, 0.29) is 0 Å². The first-order valence-electron chi connectivity index (χ1n) is 11.5. The van der Waals surface area contributed by atoms with Crippen molar-refractivity contribution in [3.8, 4) is 0 Å². The van der Waals surface area contributed by atoms with Gasteiger partial charge in [0, 0.05) is 62.6 Å². The Bertz CT molecular complexity index is 1020. The summed E-state index contributed by atoms with van der Waals surface area (Å²) in [5.41, 5.74) is 5.18. The number of nitrogens with one attached hydrogen (secondary N) is 3. The SMILES string of the molecule is CCNC(=NCCc1c[nH]c2c(CC)cccc12)NC1CCCN(c2cnn(C)c2)C1. The Kier molecular flexibility index (Phi) is 6.79. The molecule has 0 radical (unpaired) electrons. The molecule has 3 heterocycles. The minimum absolute atomic E-state index is 0.381. The van der Waals surface area contributed by atoms with Crippen LogP contribution in [0, 0.1) is 0 Å². The minimum atomic E-state index is 0.381. The maximum atomic E-state index is 4.88. The Morgan fingerprint density at radius 3 is 2.97 bits per heavy atom. The van der Waals surface area contributed by atoms with Gasteiger partial charge in [0.1, 0.15) is 0 Å². The third kappa shape index (κ3) is 5.03. The van der Waals surface area contributed by atoms with Gasteiger partial charge in [0.25, 0.3) is 0 Å². The number of rotatable bonds is 7. The highest BCUT2D eigenvalue weighted by Crippen LogP contribution is 2.23. The van der Waals surface area contributed by atoms with Gasteiger partial charge in [-0.1, -0.05) is 25.1 Å². The third-order valence-electron chi connectivity index (χ3n) is 6.08. The van der Waals surface area contributed by atoms with Crippen LogP contribution in [0.3, 0.4) is 0 Å². The minimum Gasteiger partial charge on any atom is -0.367 e. The summed E-state index contributed by atoms with van der Waals surface area (Å²) in [6.07, 6.45) is 10.5. The highest BCUT2D eigenvalue weighted by Gasteiger charge is 2.21. The van der Waals surface area contributed by atoms with E-state index in [2.05, 4.69) is 70.1 Å². The van der Waals surface area contributed by atoms with Crippen LogP contribution >= 0.6 is 0 Å². The van der Waals surface area contributed by atoms with Crippen molar-refractivity contribution in [1.29, 1.82) is 0 Å². The molecule has 1 unspecified atom stereocenters. The number of aliphatic imine (C=N–C) groups is 1. The quantitative estimate of drug-likeness (QED) is 0.405. The van der Waals surface area contributed by atoms with Gasteiger partial charge in [0.2, 0.25) is 0 Å². The number of nitrogens with zero attached hydrogens (tertiary/aromatic N) is 4. The van der Waals surface area contributed by atoms with Crippen LogP contribution < -0.4 is 15.5 Å². The molecule has 4 rings (SSSR count). The zero-order valence-corrected chi connectivity index (χ0v) is 19.0. The molecule has 0 aliphatic carbocycles. The second-order valence-corrected chi connectivity index (χ2v) is 8.32. The monoisotopic (exact) mass is 421 g/mol. The van der Waals surface area contributed by atoms with E-state index >= 15 is 0 Å². The average Bonchev–Trinajstić information content (AvgIpc) is 3.40. The van der Waals surface area contributed by atoms with Gasteiger partial charge in [-0.15, -0.1) is 0 Å². The molecule has 0 amide bonds. The van der Waals surface area contributed by atoms with Crippen LogP contribution in [-0.2, 0) is 19.9 Å². The van der Waals surface area contributed by atoms with E-state index in [1.807, 2.05) is 17.9 Å². The zero-order valence-electron chi connectivity index (χ0n) is 19.0. The van der Waals surface area contributed by atoms with Gasteiger partial charge in [0.15, 0.2) is 5.96 Å². The standard InChI is InChI=1S/C24H35N7/c1-4-18-8-6-10-22-19(14-27-23(18)22)11-12-26-24(25-5-2)29-20-9-7-13-31(16-20)21-15-28-30(3)17-21/h6,8,10,14-15,17,20,27H,4-5,7,9,11-13,16H2,1-3H3,(H2,25,26,29). The number of benzene rings is 1. The second-order valence-electron chi connectivity index (χ2n) is 8.32. The Morgan fingerprint density at radius 2 is 2.19 bits per heavy atom.